The number of rotatable bonds is 2. The first-order valence-corrected chi connectivity index (χ1v) is 7.91. The molecule has 1 heterocycles. The Bertz CT molecular complexity index is 873. The highest BCUT2D eigenvalue weighted by Gasteiger charge is 2.41. The van der Waals surface area contributed by atoms with Crippen molar-refractivity contribution in [2.75, 3.05) is 0 Å². The summed E-state index contributed by atoms with van der Waals surface area (Å²) in [6, 6.07) is 8.00. The van der Waals surface area contributed by atoms with Gasteiger partial charge in [-0.3, -0.25) is 14.9 Å². The van der Waals surface area contributed by atoms with E-state index >= 15 is 0 Å². The summed E-state index contributed by atoms with van der Waals surface area (Å²) in [5, 5.41) is 23.4. The van der Waals surface area contributed by atoms with Crippen LogP contribution in [0.2, 0.25) is 0 Å². The molecule has 1 aliphatic carbocycles. The minimum atomic E-state index is -0.592. The Labute approximate surface area is 145 Å². The molecule has 0 bridgehead atoms. The van der Waals surface area contributed by atoms with E-state index in [2.05, 4.69) is 11.4 Å². The third kappa shape index (κ3) is 2.87. The number of nitro benzene ring substituents is 1. The number of nitro groups is 1. The van der Waals surface area contributed by atoms with Gasteiger partial charge in [0.2, 0.25) is 0 Å². The summed E-state index contributed by atoms with van der Waals surface area (Å²) in [5.41, 5.74) is 7.99. The maximum absolute atomic E-state index is 12.8. The topological polar surface area (TPSA) is 122 Å². The van der Waals surface area contributed by atoms with Gasteiger partial charge in [0.25, 0.3) is 5.69 Å². The minimum absolute atomic E-state index is 0.0256. The summed E-state index contributed by atoms with van der Waals surface area (Å²) in [4.78, 5) is 23.2. The van der Waals surface area contributed by atoms with E-state index in [0.29, 0.717) is 24.0 Å². The van der Waals surface area contributed by atoms with E-state index in [1.54, 1.807) is 12.1 Å². The molecule has 0 amide bonds. The number of nitrogens with one attached hydrogen (secondary N) is 1. The highest BCUT2D eigenvalue weighted by Crippen LogP contribution is 2.45. The van der Waals surface area contributed by atoms with E-state index < -0.39 is 10.8 Å². The second-order valence-electron chi connectivity index (χ2n) is 7.18. The van der Waals surface area contributed by atoms with Gasteiger partial charge in [0.15, 0.2) is 5.78 Å². The Morgan fingerprint density at radius 1 is 1.32 bits per heavy atom. The molecule has 0 saturated heterocycles. The number of non-ortho nitro benzene ring substituents is 1. The van der Waals surface area contributed by atoms with Crippen molar-refractivity contribution in [2.24, 2.45) is 11.1 Å². The van der Waals surface area contributed by atoms with Crippen molar-refractivity contribution in [3.63, 3.8) is 0 Å². The quantitative estimate of drug-likeness (QED) is 0.631. The first kappa shape index (κ1) is 16.7. The maximum atomic E-state index is 12.8. The van der Waals surface area contributed by atoms with Gasteiger partial charge in [0.1, 0.15) is 5.82 Å². The van der Waals surface area contributed by atoms with Crippen molar-refractivity contribution in [3.05, 3.63) is 62.6 Å². The summed E-state index contributed by atoms with van der Waals surface area (Å²) in [7, 11) is 0. The van der Waals surface area contributed by atoms with Crippen LogP contribution >= 0.6 is 0 Å². The second-order valence-corrected chi connectivity index (χ2v) is 7.18. The van der Waals surface area contributed by atoms with Gasteiger partial charge in [-0.25, -0.2) is 0 Å². The van der Waals surface area contributed by atoms with Crippen LogP contribution in [0.15, 0.2) is 46.9 Å². The van der Waals surface area contributed by atoms with Crippen molar-refractivity contribution in [1.29, 1.82) is 5.26 Å². The zero-order valence-corrected chi connectivity index (χ0v) is 14.0. The molecule has 1 aromatic rings. The molecule has 2 aliphatic rings. The van der Waals surface area contributed by atoms with E-state index in [1.165, 1.54) is 12.1 Å². The number of benzene rings is 1. The van der Waals surface area contributed by atoms with Crippen LogP contribution in [0.25, 0.3) is 0 Å². The predicted molar refractivity (Wildman–Crippen MR) is 90.8 cm³/mol. The summed E-state index contributed by atoms with van der Waals surface area (Å²) in [6.45, 7) is 4.02. The molecule has 3 rings (SSSR count). The molecule has 1 aromatic carbocycles. The number of carbonyl (C=O) groups is 1. The van der Waals surface area contributed by atoms with Gasteiger partial charge in [-0.2, -0.15) is 5.26 Å². The number of nitrogens with two attached hydrogens (primary N) is 1. The number of hydrogen-bond acceptors (Lipinski definition) is 6. The highest BCUT2D eigenvalue weighted by atomic mass is 16.6. The molecule has 1 unspecified atom stereocenters. The lowest BCUT2D eigenvalue weighted by atomic mass is 9.69. The zero-order valence-electron chi connectivity index (χ0n) is 14.0. The minimum Gasteiger partial charge on any atom is -0.384 e. The number of dihydropyridines is 1. The fourth-order valence-electron chi connectivity index (χ4n) is 3.56. The van der Waals surface area contributed by atoms with Crippen LogP contribution in [0.4, 0.5) is 5.69 Å². The fraction of sp³-hybridized carbons (Fsp3) is 0.333. The fourth-order valence-corrected chi connectivity index (χ4v) is 3.56. The van der Waals surface area contributed by atoms with Crippen LogP contribution in [-0.4, -0.2) is 10.7 Å². The highest BCUT2D eigenvalue weighted by molar-refractivity contribution is 6.00. The molecule has 7 nitrogen and oxygen atoms in total. The van der Waals surface area contributed by atoms with Crippen molar-refractivity contribution < 1.29 is 9.72 Å². The summed E-state index contributed by atoms with van der Waals surface area (Å²) < 4.78 is 0. The molecule has 0 aromatic heterocycles. The van der Waals surface area contributed by atoms with Gasteiger partial charge in [-0.05, 0) is 17.4 Å². The number of carbonyl (C=O) groups excluding carboxylic acids is 1. The molecule has 0 fully saturated rings. The summed E-state index contributed by atoms with van der Waals surface area (Å²) in [6.07, 6.45) is 1.03. The van der Waals surface area contributed by atoms with Gasteiger partial charge >= 0.3 is 0 Å². The normalized spacial score (nSPS) is 22.1. The molecule has 3 N–H and O–H groups in total. The first-order chi connectivity index (χ1) is 11.7. The van der Waals surface area contributed by atoms with Gasteiger partial charge in [0.05, 0.1) is 22.5 Å². The summed E-state index contributed by atoms with van der Waals surface area (Å²) in [5.74, 6) is -0.386. The third-order valence-electron chi connectivity index (χ3n) is 4.63. The van der Waals surface area contributed by atoms with Crippen LogP contribution in [0.1, 0.15) is 38.2 Å². The van der Waals surface area contributed by atoms with Crippen LogP contribution in [0.3, 0.4) is 0 Å². The maximum Gasteiger partial charge on any atom is 0.269 e. The lowest BCUT2D eigenvalue weighted by Crippen LogP contribution is -2.39. The van der Waals surface area contributed by atoms with Gasteiger partial charge in [-0.15, -0.1) is 0 Å². The lowest BCUT2D eigenvalue weighted by molar-refractivity contribution is -0.384. The van der Waals surface area contributed by atoms with Gasteiger partial charge in [-0.1, -0.05) is 26.0 Å². The largest absolute Gasteiger partial charge is 0.384 e. The Morgan fingerprint density at radius 3 is 2.52 bits per heavy atom. The Hall–Kier alpha value is -3.14. The average molecular weight is 338 g/mol. The molecule has 25 heavy (non-hydrogen) atoms. The lowest BCUT2D eigenvalue weighted by Gasteiger charge is -2.38. The molecular formula is C18H18N4O3. The number of nitrogens with zero attached hydrogens (tertiary/aromatic N) is 2. The molecule has 7 heteroatoms. The van der Waals surface area contributed by atoms with Crippen molar-refractivity contribution in [3.8, 4) is 6.07 Å². The summed E-state index contributed by atoms with van der Waals surface area (Å²) >= 11 is 0. The SMILES string of the molecule is CC1(C)CC(=O)C2=C(C1)NC(N)=C(C#N)C2c1ccc([N+](=O)[O-])cc1. The molecule has 1 atom stereocenters. The van der Waals surface area contributed by atoms with Crippen molar-refractivity contribution in [1.82, 2.24) is 5.32 Å². The number of ketones is 1. The second kappa shape index (κ2) is 5.74. The van der Waals surface area contributed by atoms with E-state index in [0.717, 1.165) is 5.70 Å². The molecule has 1 aliphatic heterocycles. The number of nitriles is 1. The van der Waals surface area contributed by atoms with E-state index in [4.69, 9.17) is 5.73 Å². The van der Waals surface area contributed by atoms with Gasteiger partial charge < -0.3 is 11.1 Å². The zero-order chi connectivity index (χ0) is 18.4. The van der Waals surface area contributed by atoms with Crippen molar-refractivity contribution in [2.45, 2.75) is 32.6 Å². The van der Waals surface area contributed by atoms with E-state index in [1.807, 2.05) is 13.8 Å². The number of hydrogen-bond donors (Lipinski definition) is 2. The first-order valence-electron chi connectivity index (χ1n) is 7.91. The Morgan fingerprint density at radius 2 is 1.96 bits per heavy atom. The third-order valence-corrected chi connectivity index (χ3v) is 4.63. The standard InChI is InChI=1S/C18H18N4O3/c1-18(2)7-13-16(14(23)8-18)15(12(9-19)17(20)21-13)10-3-5-11(6-4-10)22(24)25/h3-6,15,21H,7-8,20H2,1-2H3. The van der Waals surface area contributed by atoms with Crippen LogP contribution < -0.4 is 11.1 Å². The Balaban J connectivity index is 2.14. The average Bonchev–Trinajstić information content (AvgIpc) is 2.52. The molecule has 128 valence electrons. The molecular weight excluding hydrogens is 320 g/mol. The van der Waals surface area contributed by atoms with Crippen LogP contribution in [0.5, 0.6) is 0 Å². The van der Waals surface area contributed by atoms with E-state index in [9.17, 15) is 20.2 Å². The Kier molecular flexibility index (Phi) is 3.84. The van der Waals surface area contributed by atoms with Crippen LogP contribution in [0, 0.1) is 26.9 Å². The van der Waals surface area contributed by atoms with E-state index in [-0.39, 0.29) is 28.3 Å². The molecule has 0 saturated carbocycles. The number of Topliss-reactive ketones (excluding diaryl/α,β-unsaturated/α-hetero) is 1. The van der Waals surface area contributed by atoms with Gasteiger partial charge in [0, 0.05) is 29.8 Å². The van der Waals surface area contributed by atoms with Crippen LogP contribution in [-0.2, 0) is 4.79 Å². The monoisotopic (exact) mass is 338 g/mol. The van der Waals surface area contributed by atoms with Crippen molar-refractivity contribution >= 4 is 11.5 Å². The molecule has 0 radical (unpaired) electrons. The molecule has 0 spiro atoms. The predicted octanol–water partition coefficient (Wildman–Crippen LogP) is 2.62. The number of allylic oxidation sites excluding steroid dienone is 3. The smallest absolute Gasteiger partial charge is 0.269 e.